The zero-order chi connectivity index (χ0) is 18.4. The lowest BCUT2D eigenvalue weighted by molar-refractivity contribution is -0.140. The topological polar surface area (TPSA) is 32.8 Å². The number of amides is 1. The Labute approximate surface area is 169 Å². The second kappa shape index (κ2) is 9.37. The quantitative estimate of drug-likeness (QED) is 0.610. The van der Waals surface area contributed by atoms with Crippen molar-refractivity contribution in [2.75, 3.05) is 26.2 Å². The van der Waals surface area contributed by atoms with Crippen LogP contribution in [0.1, 0.15) is 18.9 Å². The van der Waals surface area contributed by atoms with Crippen LogP contribution in [-0.4, -0.2) is 48.0 Å². The molecule has 0 spiro atoms. The van der Waals surface area contributed by atoms with Crippen molar-refractivity contribution in [3.05, 3.63) is 63.7 Å². The Morgan fingerprint density at radius 2 is 1.81 bits per heavy atom. The van der Waals surface area contributed by atoms with Gasteiger partial charge in [-0.15, -0.1) is 0 Å². The number of nitrogens with zero attached hydrogens (tertiary/aromatic N) is 2. The SMILES string of the molecule is CCC(Oc1cccc(I)c1)C(=O)N1CCN(Cc2ccccc2)CC1. The summed E-state index contributed by atoms with van der Waals surface area (Å²) in [7, 11) is 0. The lowest BCUT2D eigenvalue weighted by Gasteiger charge is -2.36. The molecule has 1 fully saturated rings. The molecule has 1 heterocycles. The fraction of sp³-hybridized carbons (Fsp3) is 0.381. The maximum Gasteiger partial charge on any atom is 0.263 e. The average molecular weight is 464 g/mol. The molecule has 5 heteroatoms. The van der Waals surface area contributed by atoms with Crippen LogP contribution in [0, 0.1) is 3.57 Å². The van der Waals surface area contributed by atoms with Crippen LogP contribution in [0.15, 0.2) is 54.6 Å². The van der Waals surface area contributed by atoms with E-state index in [1.54, 1.807) is 0 Å². The second-order valence-electron chi connectivity index (χ2n) is 6.56. The Bertz CT molecular complexity index is 715. The zero-order valence-electron chi connectivity index (χ0n) is 15.1. The molecule has 4 nitrogen and oxygen atoms in total. The van der Waals surface area contributed by atoms with E-state index in [0.717, 1.165) is 42.0 Å². The number of hydrogen-bond donors (Lipinski definition) is 0. The molecule has 0 aromatic heterocycles. The number of carbonyl (C=O) groups excluding carboxylic acids is 1. The van der Waals surface area contributed by atoms with Crippen LogP contribution in [0.25, 0.3) is 0 Å². The maximum atomic E-state index is 12.9. The summed E-state index contributed by atoms with van der Waals surface area (Å²) < 4.78 is 7.08. The molecule has 1 saturated heterocycles. The molecule has 2 aromatic rings. The first-order valence-electron chi connectivity index (χ1n) is 9.13. The van der Waals surface area contributed by atoms with Crippen molar-refractivity contribution in [2.24, 2.45) is 0 Å². The van der Waals surface area contributed by atoms with Crippen LogP contribution >= 0.6 is 22.6 Å². The van der Waals surface area contributed by atoms with Gasteiger partial charge in [0.15, 0.2) is 6.10 Å². The molecule has 1 amide bonds. The molecule has 3 rings (SSSR count). The van der Waals surface area contributed by atoms with Crippen molar-refractivity contribution in [2.45, 2.75) is 26.0 Å². The summed E-state index contributed by atoms with van der Waals surface area (Å²) in [5, 5.41) is 0. The number of halogens is 1. The van der Waals surface area contributed by atoms with Crippen LogP contribution in [0.3, 0.4) is 0 Å². The summed E-state index contributed by atoms with van der Waals surface area (Å²) in [4.78, 5) is 17.2. The Balaban J connectivity index is 1.53. The molecule has 138 valence electrons. The molecular formula is C21H25IN2O2. The zero-order valence-corrected chi connectivity index (χ0v) is 17.3. The molecule has 0 radical (unpaired) electrons. The van der Waals surface area contributed by atoms with Crippen LogP contribution in [0.2, 0.25) is 0 Å². The van der Waals surface area contributed by atoms with Crippen LogP contribution in [0.4, 0.5) is 0 Å². The van der Waals surface area contributed by atoms with Gasteiger partial charge in [-0.3, -0.25) is 9.69 Å². The number of carbonyl (C=O) groups is 1. The third-order valence-corrected chi connectivity index (χ3v) is 5.32. The van der Waals surface area contributed by atoms with Gasteiger partial charge in [-0.25, -0.2) is 0 Å². The normalized spacial score (nSPS) is 16.3. The summed E-state index contributed by atoms with van der Waals surface area (Å²) in [6.07, 6.45) is 0.267. The standard InChI is InChI=1S/C21H25IN2O2/c1-2-20(26-19-10-6-9-18(22)15-19)21(25)24-13-11-23(12-14-24)16-17-7-4-3-5-8-17/h3-10,15,20H,2,11-14,16H2,1H3. The Kier molecular flexibility index (Phi) is 6.91. The highest BCUT2D eigenvalue weighted by Crippen LogP contribution is 2.19. The molecule has 1 atom stereocenters. The monoisotopic (exact) mass is 464 g/mol. The molecule has 1 unspecified atom stereocenters. The predicted molar refractivity (Wildman–Crippen MR) is 112 cm³/mol. The predicted octanol–water partition coefficient (Wildman–Crippen LogP) is 3.79. The first kappa shape index (κ1) is 19.2. The van der Waals surface area contributed by atoms with Gasteiger partial charge in [-0.1, -0.05) is 43.3 Å². The Morgan fingerprint density at radius 1 is 1.08 bits per heavy atom. The molecule has 1 aliphatic rings. The fourth-order valence-corrected chi connectivity index (χ4v) is 3.70. The van der Waals surface area contributed by atoms with Gasteiger partial charge >= 0.3 is 0 Å². The molecule has 0 bridgehead atoms. The van der Waals surface area contributed by atoms with E-state index in [4.69, 9.17) is 4.74 Å². The van der Waals surface area contributed by atoms with E-state index in [2.05, 4.69) is 51.8 Å². The summed E-state index contributed by atoms with van der Waals surface area (Å²) in [6.45, 7) is 6.28. The lowest BCUT2D eigenvalue weighted by atomic mass is 10.1. The maximum absolute atomic E-state index is 12.9. The van der Waals surface area contributed by atoms with Crippen molar-refractivity contribution < 1.29 is 9.53 Å². The molecule has 0 N–H and O–H groups in total. The highest BCUT2D eigenvalue weighted by molar-refractivity contribution is 14.1. The van der Waals surface area contributed by atoms with E-state index >= 15 is 0 Å². The highest BCUT2D eigenvalue weighted by atomic mass is 127. The van der Waals surface area contributed by atoms with Crippen molar-refractivity contribution in [3.63, 3.8) is 0 Å². The van der Waals surface area contributed by atoms with Crippen LogP contribution < -0.4 is 4.74 Å². The number of rotatable bonds is 6. The number of benzene rings is 2. The molecule has 2 aromatic carbocycles. The third-order valence-electron chi connectivity index (χ3n) is 4.65. The van der Waals surface area contributed by atoms with E-state index in [-0.39, 0.29) is 5.91 Å². The van der Waals surface area contributed by atoms with Gasteiger partial charge in [0.2, 0.25) is 0 Å². The van der Waals surface area contributed by atoms with Crippen molar-refractivity contribution >= 4 is 28.5 Å². The van der Waals surface area contributed by atoms with Gasteiger partial charge in [0.1, 0.15) is 5.75 Å². The summed E-state index contributed by atoms with van der Waals surface area (Å²) in [6, 6.07) is 18.3. The first-order chi connectivity index (χ1) is 12.7. The average Bonchev–Trinajstić information content (AvgIpc) is 2.67. The van der Waals surface area contributed by atoms with Gasteiger partial charge < -0.3 is 9.64 Å². The van der Waals surface area contributed by atoms with E-state index in [0.29, 0.717) is 6.42 Å². The third kappa shape index (κ3) is 5.20. The van der Waals surface area contributed by atoms with Gasteiger partial charge in [-0.05, 0) is 52.8 Å². The van der Waals surface area contributed by atoms with Crippen LogP contribution in [-0.2, 0) is 11.3 Å². The summed E-state index contributed by atoms with van der Waals surface area (Å²) >= 11 is 2.26. The molecule has 0 aliphatic carbocycles. The van der Waals surface area contributed by atoms with E-state index < -0.39 is 6.10 Å². The lowest BCUT2D eigenvalue weighted by Crippen LogP contribution is -2.52. The second-order valence-corrected chi connectivity index (χ2v) is 7.80. The minimum absolute atomic E-state index is 0.103. The van der Waals surface area contributed by atoms with E-state index in [1.807, 2.05) is 42.2 Å². The van der Waals surface area contributed by atoms with E-state index in [9.17, 15) is 4.79 Å². The van der Waals surface area contributed by atoms with Crippen LogP contribution in [0.5, 0.6) is 5.75 Å². The fourth-order valence-electron chi connectivity index (χ4n) is 3.18. The molecule has 1 aliphatic heterocycles. The number of ether oxygens (including phenoxy) is 1. The first-order valence-corrected chi connectivity index (χ1v) is 10.2. The van der Waals surface area contributed by atoms with Gasteiger partial charge in [0.25, 0.3) is 5.91 Å². The smallest absolute Gasteiger partial charge is 0.263 e. The van der Waals surface area contributed by atoms with Crippen molar-refractivity contribution in [1.29, 1.82) is 0 Å². The number of piperazine rings is 1. The number of hydrogen-bond acceptors (Lipinski definition) is 3. The van der Waals surface area contributed by atoms with E-state index in [1.165, 1.54) is 5.56 Å². The van der Waals surface area contributed by atoms with Gasteiger partial charge in [-0.2, -0.15) is 0 Å². The largest absolute Gasteiger partial charge is 0.481 e. The van der Waals surface area contributed by atoms with Crippen molar-refractivity contribution in [1.82, 2.24) is 9.80 Å². The van der Waals surface area contributed by atoms with Gasteiger partial charge in [0.05, 0.1) is 0 Å². The van der Waals surface area contributed by atoms with Crippen molar-refractivity contribution in [3.8, 4) is 5.75 Å². The summed E-state index contributed by atoms with van der Waals surface area (Å²) in [5.41, 5.74) is 1.32. The molecule has 26 heavy (non-hydrogen) atoms. The minimum atomic E-state index is -0.408. The molecule has 0 saturated carbocycles. The summed E-state index contributed by atoms with van der Waals surface area (Å²) in [5.74, 6) is 0.866. The van der Waals surface area contributed by atoms with Gasteiger partial charge in [0, 0.05) is 36.3 Å². The Morgan fingerprint density at radius 3 is 2.46 bits per heavy atom. The molecular weight excluding hydrogens is 439 g/mol. The minimum Gasteiger partial charge on any atom is -0.481 e. The Hall–Kier alpha value is -1.60. The highest BCUT2D eigenvalue weighted by Gasteiger charge is 2.27.